The average Bonchev–Trinajstić information content (AvgIpc) is 2.68. The van der Waals surface area contributed by atoms with Crippen LogP contribution in [0.1, 0.15) is 27.7 Å². The third-order valence-electron chi connectivity index (χ3n) is 3.85. The number of carbonyl (C=O) groups excluding carboxylic acids is 5. The van der Waals surface area contributed by atoms with Crippen molar-refractivity contribution in [1.82, 2.24) is 0 Å². The topological polar surface area (TPSA) is 189 Å². The largest absolute Gasteiger partial charge is 0.475 e. The molecule has 0 spiro atoms. The molecule has 0 aromatic carbocycles. The third-order valence-corrected chi connectivity index (χ3v) is 3.85. The predicted molar refractivity (Wildman–Crippen MR) is 101 cm³/mol. The molecule has 14 heteroatoms. The molecule has 5 atom stereocenters. The number of rotatable bonds is 9. The number of azide groups is 1. The fourth-order valence-corrected chi connectivity index (χ4v) is 2.86. The van der Waals surface area contributed by atoms with Gasteiger partial charge in [-0.2, -0.15) is 0 Å². The molecule has 0 aromatic rings. The van der Waals surface area contributed by atoms with Crippen molar-refractivity contribution in [2.75, 3.05) is 13.7 Å². The molecule has 176 valence electrons. The van der Waals surface area contributed by atoms with Crippen LogP contribution in [-0.4, -0.2) is 74.0 Å². The highest BCUT2D eigenvalue weighted by molar-refractivity contribution is 5.86. The van der Waals surface area contributed by atoms with E-state index in [1.807, 2.05) is 0 Å². The standard InChI is InChI=1S/C18H23N3O11/c1-8(22)28-12-6-13(18(26)27-5)32-17(15(12)30-10(3)24)16(31-11(4)25)14(7-20-21-19)29-9(2)23/h6,12,14-17H,7H2,1-5H3/t12-,14+,15+,16+,17+/m0/s1. The summed E-state index contributed by atoms with van der Waals surface area (Å²) in [6.07, 6.45) is -6.26. The molecule has 1 aliphatic rings. The highest BCUT2D eigenvalue weighted by Crippen LogP contribution is 2.30. The molecule has 1 heterocycles. The number of carbonyl (C=O) groups is 5. The minimum Gasteiger partial charge on any atom is -0.475 e. The van der Waals surface area contributed by atoms with Crippen LogP contribution >= 0.6 is 0 Å². The van der Waals surface area contributed by atoms with E-state index in [-0.39, 0.29) is 0 Å². The first-order valence-electron chi connectivity index (χ1n) is 9.16. The second-order valence-electron chi connectivity index (χ2n) is 6.39. The maximum Gasteiger partial charge on any atom is 0.373 e. The first-order chi connectivity index (χ1) is 15.0. The van der Waals surface area contributed by atoms with Gasteiger partial charge in [0.1, 0.15) is 6.10 Å². The molecule has 0 saturated heterocycles. The monoisotopic (exact) mass is 457 g/mol. The summed E-state index contributed by atoms with van der Waals surface area (Å²) in [5.41, 5.74) is 8.66. The highest BCUT2D eigenvalue weighted by atomic mass is 16.6. The van der Waals surface area contributed by atoms with Crippen molar-refractivity contribution in [2.24, 2.45) is 5.11 Å². The summed E-state index contributed by atoms with van der Waals surface area (Å²) in [7, 11) is 1.06. The van der Waals surface area contributed by atoms with Crippen LogP contribution < -0.4 is 0 Å². The van der Waals surface area contributed by atoms with E-state index >= 15 is 0 Å². The van der Waals surface area contributed by atoms with Gasteiger partial charge in [0.25, 0.3) is 0 Å². The van der Waals surface area contributed by atoms with Crippen molar-refractivity contribution in [1.29, 1.82) is 0 Å². The van der Waals surface area contributed by atoms with E-state index < -0.39 is 72.7 Å². The summed E-state index contributed by atoms with van der Waals surface area (Å²) in [5.74, 6) is -4.72. The normalized spacial score (nSPS) is 21.3. The molecule has 14 nitrogen and oxygen atoms in total. The van der Waals surface area contributed by atoms with E-state index in [1.165, 1.54) is 0 Å². The Hall–Kier alpha value is -3.80. The zero-order chi connectivity index (χ0) is 24.4. The van der Waals surface area contributed by atoms with Crippen molar-refractivity contribution < 1.29 is 52.4 Å². The Morgan fingerprint density at radius 2 is 1.62 bits per heavy atom. The van der Waals surface area contributed by atoms with Gasteiger partial charge in [-0.25, -0.2) is 4.79 Å². The van der Waals surface area contributed by atoms with Gasteiger partial charge in [-0.05, 0) is 5.53 Å². The van der Waals surface area contributed by atoms with Crippen molar-refractivity contribution in [3.8, 4) is 0 Å². The smallest absolute Gasteiger partial charge is 0.373 e. The number of methoxy groups -OCH3 is 1. The van der Waals surface area contributed by atoms with Crippen LogP contribution in [0.15, 0.2) is 16.9 Å². The van der Waals surface area contributed by atoms with Gasteiger partial charge >= 0.3 is 29.8 Å². The van der Waals surface area contributed by atoms with Crippen LogP contribution in [0, 0.1) is 0 Å². The molecule has 0 radical (unpaired) electrons. The van der Waals surface area contributed by atoms with Gasteiger partial charge in [-0.1, -0.05) is 5.11 Å². The van der Waals surface area contributed by atoms with Crippen molar-refractivity contribution in [3.63, 3.8) is 0 Å². The Labute approximate surface area is 182 Å². The highest BCUT2D eigenvalue weighted by Gasteiger charge is 2.50. The molecule has 1 aliphatic heterocycles. The van der Waals surface area contributed by atoms with E-state index in [4.69, 9.17) is 29.2 Å². The molecule has 0 fully saturated rings. The molecule has 0 aromatic heterocycles. The Bertz CT molecular complexity index is 830. The summed E-state index contributed by atoms with van der Waals surface area (Å²) in [6, 6.07) is 0. The predicted octanol–water partition coefficient (Wildman–Crippen LogP) is 0.479. The summed E-state index contributed by atoms with van der Waals surface area (Å²) in [4.78, 5) is 61.4. The number of hydrogen-bond donors (Lipinski definition) is 0. The number of hydrogen-bond acceptors (Lipinski definition) is 12. The molecule has 0 amide bonds. The van der Waals surface area contributed by atoms with Crippen LogP contribution in [0.4, 0.5) is 0 Å². The molecule has 0 aliphatic carbocycles. The maximum absolute atomic E-state index is 12.1. The Kier molecular flexibility index (Phi) is 9.96. The fourth-order valence-electron chi connectivity index (χ4n) is 2.86. The van der Waals surface area contributed by atoms with Gasteiger partial charge < -0.3 is 28.4 Å². The van der Waals surface area contributed by atoms with Crippen molar-refractivity contribution >= 4 is 29.8 Å². The molecular formula is C18H23N3O11. The van der Waals surface area contributed by atoms with Gasteiger partial charge in [0, 0.05) is 38.7 Å². The lowest BCUT2D eigenvalue weighted by Gasteiger charge is -2.40. The Balaban J connectivity index is 3.60. The van der Waals surface area contributed by atoms with E-state index in [1.54, 1.807) is 0 Å². The zero-order valence-corrected chi connectivity index (χ0v) is 18.0. The Morgan fingerprint density at radius 1 is 1.03 bits per heavy atom. The van der Waals surface area contributed by atoms with Gasteiger partial charge in [0.2, 0.25) is 5.76 Å². The quantitative estimate of drug-likeness (QED) is 0.154. The molecule has 1 rings (SSSR count). The summed E-state index contributed by atoms with van der Waals surface area (Å²) >= 11 is 0. The lowest BCUT2D eigenvalue weighted by molar-refractivity contribution is -0.205. The average molecular weight is 457 g/mol. The third kappa shape index (κ3) is 7.80. The second kappa shape index (κ2) is 12.2. The van der Waals surface area contributed by atoms with Crippen molar-refractivity contribution in [3.05, 3.63) is 22.3 Å². The minimum atomic E-state index is -1.56. The molecule has 0 unspecified atom stereocenters. The van der Waals surface area contributed by atoms with E-state index in [0.717, 1.165) is 40.9 Å². The van der Waals surface area contributed by atoms with Crippen LogP contribution in [0.25, 0.3) is 10.4 Å². The molecular weight excluding hydrogens is 434 g/mol. The SMILES string of the molecule is COC(=O)C1=C[C@H](OC(C)=O)[C@@H](OC(C)=O)[C@H]([C@H](OC(C)=O)[C@@H](CN=[N+]=[N-])OC(C)=O)O1. The zero-order valence-electron chi connectivity index (χ0n) is 18.0. The van der Waals surface area contributed by atoms with Crippen LogP contribution in [0.5, 0.6) is 0 Å². The van der Waals surface area contributed by atoms with E-state index in [0.29, 0.717) is 0 Å². The number of nitrogens with zero attached hydrogens (tertiary/aromatic N) is 3. The van der Waals surface area contributed by atoms with Crippen molar-refractivity contribution in [2.45, 2.75) is 58.2 Å². The molecule has 0 bridgehead atoms. The first-order valence-corrected chi connectivity index (χ1v) is 9.16. The lowest BCUT2D eigenvalue weighted by Crippen LogP contribution is -2.57. The number of esters is 5. The van der Waals surface area contributed by atoms with Gasteiger partial charge in [0.15, 0.2) is 24.4 Å². The second-order valence-corrected chi connectivity index (χ2v) is 6.39. The molecule has 0 saturated carbocycles. The van der Waals surface area contributed by atoms with Gasteiger partial charge in [-0.3, -0.25) is 19.2 Å². The summed E-state index contributed by atoms with van der Waals surface area (Å²) in [6.45, 7) is 3.73. The lowest BCUT2D eigenvalue weighted by atomic mass is 9.95. The van der Waals surface area contributed by atoms with Gasteiger partial charge in [-0.15, -0.1) is 0 Å². The fraction of sp³-hybridized carbons (Fsp3) is 0.611. The van der Waals surface area contributed by atoms with E-state index in [2.05, 4.69) is 14.8 Å². The number of ether oxygens (including phenoxy) is 6. The van der Waals surface area contributed by atoms with Crippen LogP contribution in [-0.2, 0) is 52.4 Å². The van der Waals surface area contributed by atoms with Crippen LogP contribution in [0.3, 0.4) is 0 Å². The molecule has 0 N–H and O–H groups in total. The minimum absolute atomic E-state index is 0.449. The summed E-state index contributed by atoms with van der Waals surface area (Å²) in [5, 5.41) is 3.33. The van der Waals surface area contributed by atoms with E-state index in [9.17, 15) is 24.0 Å². The Morgan fingerprint density at radius 3 is 2.09 bits per heavy atom. The van der Waals surface area contributed by atoms with Gasteiger partial charge in [0.05, 0.1) is 13.7 Å². The molecule has 32 heavy (non-hydrogen) atoms. The maximum atomic E-state index is 12.1. The first kappa shape index (κ1) is 26.2. The van der Waals surface area contributed by atoms with Crippen LogP contribution in [0.2, 0.25) is 0 Å². The summed E-state index contributed by atoms with van der Waals surface area (Å²) < 4.78 is 30.9.